The number of aryl methyl sites for hydroxylation is 2. The maximum absolute atomic E-state index is 5.51. The number of hydrogen-bond acceptors (Lipinski definition) is 3. The van der Waals surface area contributed by atoms with Crippen molar-refractivity contribution in [2.75, 3.05) is 18.5 Å². The molecule has 0 aliphatic carbocycles. The van der Waals surface area contributed by atoms with Crippen molar-refractivity contribution >= 4 is 22.4 Å². The Morgan fingerprint density at radius 1 is 1.08 bits per heavy atom. The molecule has 0 bridgehead atoms. The van der Waals surface area contributed by atoms with Crippen molar-refractivity contribution in [3.05, 3.63) is 53.3 Å². The van der Waals surface area contributed by atoms with E-state index in [1.54, 1.807) is 0 Å². The summed E-state index contributed by atoms with van der Waals surface area (Å²) in [5.74, 6) is 1.51. The number of benzene rings is 2. The molecule has 124 valence electrons. The Morgan fingerprint density at radius 3 is 2.58 bits per heavy atom. The molecule has 4 heteroatoms. The van der Waals surface area contributed by atoms with Gasteiger partial charge in [-0.15, -0.1) is 0 Å². The van der Waals surface area contributed by atoms with Gasteiger partial charge >= 0.3 is 0 Å². The topological polar surface area (TPSA) is 49.9 Å². The van der Waals surface area contributed by atoms with Crippen LogP contribution in [0.5, 0.6) is 0 Å². The molecule has 24 heavy (non-hydrogen) atoms. The number of rotatable bonds is 3. The number of nitrogens with one attached hydrogen (secondary N) is 2. The van der Waals surface area contributed by atoms with E-state index in [-0.39, 0.29) is 0 Å². The van der Waals surface area contributed by atoms with Gasteiger partial charge < -0.3 is 15.0 Å². The minimum Gasteiger partial charge on any atom is -0.381 e. The molecule has 4 rings (SSSR count). The summed E-state index contributed by atoms with van der Waals surface area (Å²) in [5.41, 5.74) is 6.89. The van der Waals surface area contributed by atoms with Crippen LogP contribution in [-0.2, 0) is 4.74 Å². The second-order valence-electron chi connectivity index (χ2n) is 6.66. The molecule has 2 heterocycles. The number of ether oxygens (including phenoxy) is 1. The van der Waals surface area contributed by atoms with E-state index in [9.17, 15) is 0 Å². The summed E-state index contributed by atoms with van der Waals surface area (Å²) in [5, 5.41) is 3.55. The molecule has 3 aromatic rings. The quantitative estimate of drug-likeness (QED) is 0.727. The van der Waals surface area contributed by atoms with Crippen molar-refractivity contribution in [2.24, 2.45) is 0 Å². The fourth-order valence-electron chi connectivity index (χ4n) is 3.42. The fourth-order valence-corrected chi connectivity index (χ4v) is 3.42. The van der Waals surface area contributed by atoms with Crippen LogP contribution in [0.2, 0.25) is 0 Å². The number of hydrogen-bond donors (Lipinski definition) is 2. The van der Waals surface area contributed by atoms with Crippen LogP contribution in [0.1, 0.15) is 35.7 Å². The highest BCUT2D eigenvalue weighted by Crippen LogP contribution is 2.34. The first-order chi connectivity index (χ1) is 11.7. The van der Waals surface area contributed by atoms with E-state index < -0.39 is 0 Å². The van der Waals surface area contributed by atoms with Gasteiger partial charge in [0, 0.05) is 18.9 Å². The first-order valence-electron chi connectivity index (χ1n) is 8.61. The highest BCUT2D eigenvalue weighted by atomic mass is 16.5. The lowest BCUT2D eigenvalue weighted by Crippen LogP contribution is -2.14. The van der Waals surface area contributed by atoms with E-state index >= 15 is 0 Å². The minimum atomic E-state index is 0.560. The normalized spacial score (nSPS) is 15.8. The van der Waals surface area contributed by atoms with Gasteiger partial charge in [0.25, 0.3) is 0 Å². The Balaban J connectivity index is 1.75. The Bertz CT molecular complexity index is 845. The van der Waals surface area contributed by atoms with Gasteiger partial charge in [0.2, 0.25) is 0 Å². The highest BCUT2D eigenvalue weighted by molar-refractivity contribution is 5.91. The van der Waals surface area contributed by atoms with E-state index in [4.69, 9.17) is 4.74 Å². The molecule has 4 nitrogen and oxygen atoms in total. The third-order valence-corrected chi connectivity index (χ3v) is 4.75. The van der Waals surface area contributed by atoms with E-state index in [0.717, 1.165) is 54.3 Å². The zero-order valence-corrected chi connectivity index (χ0v) is 14.2. The average Bonchev–Trinajstić information content (AvgIpc) is 2.98. The van der Waals surface area contributed by atoms with E-state index in [0.29, 0.717) is 5.92 Å². The molecule has 1 aliphatic rings. The van der Waals surface area contributed by atoms with Crippen molar-refractivity contribution in [3.8, 4) is 0 Å². The van der Waals surface area contributed by atoms with Crippen molar-refractivity contribution in [2.45, 2.75) is 32.6 Å². The molecular weight excluding hydrogens is 298 g/mol. The highest BCUT2D eigenvalue weighted by Gasteiger charge is 2.18. The van der Waals surface area contributed by atoms with Gasteiger partial charge in [-0.3, -0.25) is 0 Å². The molecule has 0 saturated carbocycles. The van der Waals surface area contributed by atoms with Crippen LogP contribution in [0.25, 0.3) is 11.0 Å². The largest absolute Gasteiger partial charge is 0.381 e. The number of H-pyrrole nitrogens is 1. The lowest BCUT2D eigenvalue weighted by molar-refractivity contribution is 0.0853. The number of anilines is 2. The number of aromatic nitrogens is 2. The zero-order valence-electron chi connectivity index (χ0n) is 14.2. The lowest BCUT2D eigenvalue weighted by Gasteiger charge is -2.23. The number of aromatic amines is 1. The smallest absolute Gasteiger partial charge is 0.112 e. The average molecular weight is 321 g/mol. The predicted molar refractivity (Wildman–Crippen MR) is 98.1 cm³/mol. The van der Waals surface area contributed by atoms with Crippen molar-refractivity contribution in [1.29, 1.82) is 0 Å². The molecular formula is C20H23N3O. The maximum Gasteiger partial charge on any atom is 0.112 e. The van der Waals surface area contributed by atoms with Crippen LogP contribution in [0, 0.1) is 13.8 Å². The standard InChI is InChI=1S/C20H23N3O/c1-13-3-5-17(6-4-13)23-19-12-16(15-7-9-24-10-8-15)11-18-20(19)22-14(2)21-18/h3-6,11-12,15,23H,7-10H2,1-2H3,(H,21,22). The van der Waals surface area contributed by atoms with E-state index in [2.05, 4.69) is 58.6 Å². The number of imidazole rings is 1. The molecule has 0 atom stereocenters. The van der Waals surface area contributed by atoms with Gasteiger partial charge in [-0.1, -0.05) is 17.7 Å². The van der Waals surface area contributed by atoms with E-state index in [1.807, 2.05) is 6.92 Å². The lowest BCUT2D eigenvalue weighted by atomic mass is 9.91. The molecule has 2 aromatic carbocycles. The molecule has 0 unspecified atom stereocenters. The third-order valence-electron chi connectivity index (χ3n) is 4.75. The molecule has 1 saturated heterocycles. The molecule has 2 N–H and O–H groups in total. The van der Waals surface area contributed by atoms with Crippen LogP contribution < -0.4 is 5.32 Å². The molecule has 0 radical (unpaired) electrons. The van der Waals surface area contributed by atoms with Gasteiger partial charge in [-0.25, -0.2) is 4.98 Å². The molecule has 0 spiro atoms. The summed E-state index contributed by atoms with van der Waals surface area (Å²) in [6.45, 7) is 5.81. The minimum absolute atomic E-state index is 0.560. The van der Waals surface area contributed by atoms with Gasteiger partial charge in [0.15, 0.2) is 0 Å². The van der Waals surface area contributed by atoms with Gasteiger partial charge in [0.1, 0.15) is 11.3 Å². The van der Waals surface area contributed by atoms with Gasteiger partial charge in [0.05, 0.1) is 11.2 Å². The molecule has 1 fully saturated rings. The molecule has 0 amide bonds. The second kappa shape index (κ2) is 6.29. The van der Waals surface area contributed by atoms with Crippen LogP contribution >= 0.6 is 0 Å². The summed E-state index contributed by atoms with van der Waals surface area (Å²) in [6.07, 6.45) is 2.17. The number of fused-ring (bicyclic) bond motifs is 1. The molecule has 1 aliphatic heterocycles. The maximum atomic E-state index is 5.51. The third kappa shape index (κ3) is 3.02. The van der Waals surface area contributed by atoms with Crippen LogP contribution in [0.4, 0.5) is 11.4 Å². The SMILES string of the molecule is Cc1ccc(Nc2cc(C3CCOCC3)cc3[nH]c(C)nc23)cc1. The summed E-state index contributed by atoms with van der Waals surface area (Å²) < 4.78 is 5.51. The first-order valence-corrected chi connectivity index (χ1v) is 8.61. The Morgan fingerprint density at radius 2 is 1.83 bits per heavy atom. The Labute approximate surface area is 142 Å². The van der Waals surface area contributed by atoms with Gasteiger partial charge in [-0.2, -0.15) is 0 Å². The fraction of sp³-hybridized carbons (Fsp3) is 0.350. The predicted octanol–water partition coefficient (Wildman–Crippen LogP) is 4.82. The van der Waals surface area contributed by atoms with E-state index in [1.165, 1.54) is 11.1 Å². The van der Waals surface area contributed by atoms with Crippen molar-refractivity contribution < 1.29 is 4.74 Å². The summed E-state index contributed by atoms with van der Waals surface area (Å²) in [6, 6.07) is 13.0. The Hall–Kier alpha value is -2.33. The van der Waals surface area contributed by atoms with Crippen LogP contribution in [0.15, 0.2) is 36.4 Å². The molecule has 1 aromatic heterocycles. The van der Waals surface area contributed by atoms with Crippen molar-refractivity contribution in [3.63, 3.8) is 0 Å². The summed E-state index contributed by atoms with van der Waals surface area (Å²) in [7, 11) is 0. The number of nitrogens with zero attached hydrogens (tertiary/aromatic N) is 1. The first kappa shape index (κ1) is 15.2. The summed E-state index contributed by atoms with van der Waals surface area (Å²) >= 11 is 0. The second-order valence-corrected chi connectivity index (χ2v) is 6.66. The van der Waals surface area contributed by atoms with Gasteiger partial charge in [-0.05, 0) is 62.4 Å². The van der Waals surface area contributed by atoms with Crippen LogP contribution in [0.3, 0.4) is 0 Å². The van der Waals surface area contributed by atoms with Crippen LogP contribution in [-0.4, -0.2) is 23.2 Å². The Kier molecular flexibility index (Phi) is 3.98. The summed E-state index contributed by atoms with van der Waals surface area (Å²) in [4.78, 5) is 8.06. The zero-order chi connectivity index (χ0) is 16.5. The monoisotopic (exact) mass is 321 g/mol. The van der Waals surface area contributed by atoms with Crippen molar-refractivity contribution in [1.82, 2.24) is 9.97 Å².